The lowest BCUT2D eigenvalue weighted by Gasteiger charge is -2.19. The Hall–Kier alpha value is -2.62. The van der Waals surface area contributed by atoms with Crippen LogP contribution < -0.4 is 5.32 Å². The Labute approximate surface area is 148 Å². The first-order chi connectivity index (χ1) is 12.0. The number of carbonyl (C=O) groups is 2. The van der Waals surface area contributed by atoms with Crippen LogP contribution in [0.3, 0.4) is 0 Å². The van der Waals surface area contributed by atoms with Gasteiger partial charge in [-0.2, -0.15) is 0 Å². The standard InChI is InChI=1S/C21H25NO3/c1-16(12-13-21(24)25)22-20(23)15-19(18-10-6-3-7-11-18)14-17-8-4-2-5-9-17/h2-11,16,19H,12-15H2,1H3,(H,22,23)(H,24,25). The number of aliphatic carboxylic acids is 1. The Morgan fingerprint density at radius 3 is 2.20 bits per heavy atom. The minimum Gasteiger partial charge on any atom is -0.481 e. The van der Waals surface area contributed by atoms with Crippen LogP contribution >= 0.6 is 0 Å². The molecule has 2 rings (SSSR count). The van der Waals surface area contributed by atoms with Gasteiger partial charge in [-0.15, -0.1) is 0 Å². The number of hydrogen-bond acceptors (Lipinski definition) is 2. The predicted molar refractivity (Wildman–Crippen MR) is 98.4 cm³/mol. The average Bonchev–Trinajstić information content (AvgIpc) is 2.61. The third-order valence-corrected chi connectivity index (χ3v) is 4.23. The van der Waals surface area contributed by atoms with Crippen molar-refractivity contribution in [2.75, 3.05) is 0 Å². The number of benzene rings is 2. The summed E-state index contributed by atoms with van der Waals surface area (Å²) >= 11 is 0. The van der Waals surface area contributed by atoms with Crippen LogP contribution in [0.25, 0.3) is 0 Å². The molecule has 0 aliphatic heterocycles. The number of hydrogen-bond donors (Lipinski definition) is 2. The maximum Gasteiger partial charge on any atom is 0.303 e. The molecule has 0 aromatic heterocycles. The summed E-state index contributed by atoms with van der Waals surface area (Å²) in [5, 5.41) is 11.7. The zero-order valence-electron chi connectivity index (χ0n) is 14.5. The molecule has 2 unspecified atom stereocenters. The first kappa shape index (κ1) is 18.7. The highest BCUT2D eigenvalue weighted by Gasteiger charge is 2.18. The lowest BCUT2D eigenvalue weighted by molar-refractivity contribution is -0.137. The van der Waals surface area contributed by atoms with E-state index in [1.165, 1.54) is 5.56 Å². The van der Waals surface area contributed by atoms with Crippen molar-refractivity contribution < 1.29 is 14.7 Å². The van der Waals surface area contributed by atoms with Crippen LogP contribution in [-0.4, -0.2) is 23.0 Å². The van der Waals surface area contributed by atoms with Crippen molar-refractivity contribution in [3.05, 3.63) is 71.8 Å². The van der Waals surface area contributed by atoms with Gasteiger partial charge in [-0.3, -0.25) is 9.59 Å². The Morgan fingerprint density at radius 2 is 1.60 bits per heavy atom. The predicted octanol–water partition coefficient (Wildman–Crippen LogP) is 3.77. The highest BCUT2D eigenvalue weighted by molar-refractivity contribution is 5.77. The van der Waals surface area contributed by atoms with Crippen molar-refractivity contribution in [3.63, 3.8) is 0 Å². The van der Waals surface area contributed by atoms with Gasteiger partial charge in [0.05, 0.1) is 0 Å². The van der Waals surface area contributed by atoms with Crippen LogP contribution in [0.1, 0.15) is 43.2 Å². The van der Waals surface area contributed by atoms with Gasteiger partial charge in [0, 0.05) is 18.9 Å². The van der Waals surface area contributed by atoms with Crippen molar-refractivity contribution in [2.45, 2.75) is 44.6 Å². The SMILES string of the molecule is CC(CCC(=O)O)NC(=O)CC(Cc1ccccc1)c1ccccc1. The van der Waals surface area contributed by atoms with Gasteiger partial charge in [-0.25, -0.2) is 0 Å². The molecule has 1 amide bonds. The molecule has 0 saturated heterocycles. The van der Waals surface area contributed by atoms with Gasteiger partial charge in [0.25, 0.3) is 0 Å². The van der Waals surface area contributed by atoms with Crippen molar-refractivity contribution in [3.8, 4) is 0 Å². The van der Waals surface area contributed by atoms with Gasteiger partial charge >= 0.3 is 5.97 Å². The zero-order valence-corrected chi connectivity index (χ0v) is 14.5. The van der Waals surface area contributed by atoms with E-state index in [1.54, 1.807) is 0 Å². The quantitative estimate of drug-likeness (QED) is 0.731. The zero-order chi connectivity index (χ0) is 18.1. The van der Waals surface area contributed by atoms with Gasteiger partial charge < -0.3 is 10.4 Å². The van der Waals surface area contributed by atoms with Crippen LogP contribution in [0.5, 0.6) is 0 Å². The molecule has 4 nitrogen and oxygen atoms in total. The van der Waals surface area contributed by atoms with Gasteiger partial charge in [-0.1, -0.05) is 60.7 Å². The molecular weight excluding hydrogens is 314 g/mol. The van der Waals surface area contributed by atoms with E-state index in [0.717, 1.165) is 12.0 Å². The number of carboxylic acids is 1. The molecule has 132 valence electrons. The third-order valence-electron chi connectivity index (χ3n) is 4.23. The molecule has 25 heavy (non-hydrogen) atoms. The molecule has 0 bridgehead atoms. The molecule has 2 aromatic carbocycles. The molecule has 0 aliphatic carbocycles. The molecule has 0 aliphatic rings. The molecule has 4 heteroatoms. The van der Waals surface area contributed by atoms with Crippen molar-refractivity contribution in [1.29, 1.82) is 0 Å². The number of amides is 1. The Balaban J connectivity index is 2.00. The van der Waals surface area contributed by atoms with E-state index < -0.39 is 5.97 Å². The molecule has 0 fully saturated rings. The largest absolute Gasteiger partial charge is 0.481 e. The molecule has 0 heterocycles. The summed E-state index contributed by atoms with van der Waals surface area (Å²) in [5.74, 6) is -0.787. The van der Waals surface area contributed by atoms with Gasteiger partial charge in [0.15, 0.2) is 0 Å². The lowest BCUT2D eigenvalue weighted by Crippen LogP contribution is -2.34. The molecule has 2 atom stereocenters. The maximum atomic E-state index is 12.4. The Morgan fingerprint density at radius 1 is 1.00 bits per heavy atom. The summed E-state index contributed by atoms with van der Waals surface area (Å²) in [6, 6.07) is 20.0. The van der Waals surface area contributed by atoms with Crippen LogP contribution in [-0.2, 0) is 16.0 Å². The average molecular weight is 339 g/mol. The highest BCUT2D eigenvalue weighted by Crippen LogP contribution is 2.24. The molecule has 2 aromatic rings. The number of nitrogens with one attached hydrogen (secondary N) is 1. The summed E-state index contributed by atoms with van der Waals surface area (Å²) in [5.41, 5.74) is 2.34. The second-order valence-corrected chi connectivity index (χ2v) is 6.40. The molecule has 0 saturated carbocycles. The second-order valence-electron chi connectivity index (χ2n) is 6.40. The number of rotatable bonds is 9. The number of carbonyl (C=O) groups excluding carboxylic acids is 1. The fraction of sp³-hybridized carbons (Fsp3) is 0.333. The van der Waals surface area contributed by atoms with Gasteiger partial charge in [-0.05, 0) is 36.8 Å². The van der Waals surface area contributed by atoms with E-state index in [9.17, 15) is 9.59 Å². The maximum absolute atomic E-state index is 12.4. The molecule has 0 radical (unpaired) electrons. The number of carboxylic acid groups (broad SMARTS) is 1. The summed E-state index contributed by atoms with van der Waals surface area (Å²) < 4.78 is 0. The van der Waals surface area contributed by atoms with E-state index in [4.69, 9.17) is 5.11 Å². The Bertz CT molecular complexity index is 670. The van der Waals surface area contributed by atoms with E-state index >= 15 is 0 Å². The fourth-order valence-corrected chi connectivity index (χ4v) is 2.90. The van der Waals surface area contributed by atoms with Crippen LogP contribution in [0, 0.1) is 0 Å². The van der Waals surface area contributed by atoms with E-state index in [-0.39, 0.29) is 24.3 Å². The van der Waals surface area contributed by atoms with E-state index in [2.05, 4.69) is 29.6 Å². The topological polar surface area (TPSA) is 66.4 Å². The van der Waals surface area contributed by atoms with E-state index in [0.29, 0.717) is 12.8 Å². The van der Waals surface area contributed by atoms with E-state index in [1.807, 2.05) is 43.3 Å². The van der Waals surface area contributed by atoms with Gasteiger partial charge in [0.2, 0.25) is 5.91 Å². The van der Waals surface area contributed by atoms with Crippen molar-refractivity contribution in [2.24, 2.45) is 0 Å². The normalized spacial score (nSPS) is 13.0. The highest BCUT2D eigenvalue weighted by atomic mass is 16.4. The third kappa shape index (κ3) is 6.79. The smallest absolute Gasteiger partial charge is 0.303 e. The van der Waals surface area contributed by atoms with Crippen molar-refractivity contribution in [1.82, 2.24) is 5.32 Å². The van der Waals surface area contributed by atoms with Gasteiger partial charge in [0.1, 0.15) is 0 Å². The van der Waals surface area contributed by atoms with Crippen LogP contribution in [0.4, 0.5) is 0 Å². The van der Waals surface area contributed by atoms with Crippen LogP contribution in [0.2, 0.25) is 0 Å². The minimum atomic E-state index is -0.840. The molecule has 2 N–H and O–H groups in total. The minimum absolute atomic E-state index is 0.0392. The lowest BCUT2D eigenvalue weighted by atomic mass is 9.89. The fourth-order valence-electron chi connectivity index (χ4n) is 2.90. The first-order valence-corrected chi connectivity index (χ1v) is 8.64. The second kappa shape index (κ2) is 9.62. The molecule has 0 spiro atoms. The Kier molecular flexibility index (Phi) is 7.20. The summed E-state index contributed by atoms with van der Waals surface area (Å²) in [7, 11) is 0. The summed E-state index contributed by atoms with van der Waals surface area (Å²) in [4.78, 5) is 23.1. The van der Waals surface area contributed by atoms with Crippen LogP contribution in [0.15, 0.2) is 60.7 Å². The summed E-state index contributed by atoms with van der Waals surface area (Å²) in [6.45, 7) is 1.84. The monoisotopic (exact) mass is 339 g/mol. The summed E-state index contributed by atoms with van der Waals surface area (Å²) in [6.07, 6.45) is 1.68. The van der Waals surface area contributed by atoms with Crippen molar-refractivity contribution >= 4 is 11.9 Å². The first-order valence-electron chi connectivity index (χ1n) is 8.64. The molecular formula is C21H25NO3.